The Morgan fingerprint density at radius 3 is 2.48 bits per heavy atom. The number of ketones is 2. The Morgan fingerprint density at radius 2 is 1.76 bits per heavy atom. The zero-order valence-electron chi connectivity index (χ0n) is 31.2. The fraction of sp³-hybridized carbons (Fsp3) is 0.558. The van der Waals surface area contributed by atoms with Gasteiger partial charge in [0.1, 0.15) is 11.4 Å². The number of Topliss-reactive ketones (excluding diaryl/α,β-unsaturated/α-hetero) is 1. The molecule has 0 amide bonds. The first kappa shape index (κ1) is 37.7. The van der Waals surface area contributed by atoms with Crippen molar-refractivity contribution in [1.29, 1.82) is 0 Å². The molecule has 7 nitrogen and oxygen atoms in total. The summed E-state index contributed by atoms with van der Waals surface area (Å²) in [6, 6.07) is 2.05. The molecule has 270 valence electrons. The number of hydrogen-bond donors (Lipinski definition) is 2. The molecule has 1 aromatic carbocycles. The van der Waals surface area contributed by atoms with Crippen molar-refractivity contribution < 1.29 is 34.1 Å². The van der Waals surface area contributed by atoms with E-state index in [1.165, 1.54) is 11.6 Å². The second-order valence-electron chi connectivity index (χ2n) is 15.9. The molecule has 0 heterocycles. The zero-order chi connectivity index (χ0) is 36.6. The Labute approximate surface area is 298 Å². The molecule has 7 heteroatoms. The molecule has 0 aromatic heterocycles. The predicted molar refractivity (Wildman–Crippen MR) is 197 cm³/mol. The van der Waals surface area contributed by atoms with Crippen LogP contribution in [0.25, 0.3) is 6.08 Å². The number of carbonyl (C=O) groups excluding carboxylic acids is 3. The Hall–Kier alpha value is -3.55. The summed E-state index contributed by atoms with van der Waals surface area (Å²) in [5, 5.41) is 23.8. The molecule has 0 aliphatic heterocycles. The molecule has 0 bridgehead atoms. The summed E-state index contributed by atoms with van der Waals surface area (Å²) in [6.45, 7) is 13.6. The summed E-state index contributed by atoms with van der Waals surface area (Å²) in [4.78, 5) is 38.7. The summed E-state index contributed by atoms with van der Waals surface area (Å²) in [5.74, 6) is 0.102. The van der Waals surface area contributed by atoms with Crippen molar-refractivity contribution in [1.82, 2.24) is 0 Å². The number of allylic oxidation sites excluding steroid dienone is 8. The number of carbonyl (C=O) groups is 3. The normalized spacial score (nSPS) is 33.1. The van der Waals surface area contributed by atoms with E-state index in [0.29, 0.717) is 24.8 Å². The van der Waals surface area contributed by atoms with Crippen LogP contribution in [0.1, 0.15) is 101 Å². The lowest BCUT2D eigenvalue weighted by Crippen LogP contribution is -2.67. The first-order valence-electron chi connectivity index (χ1n) is 18.3. The standard InChI is InChI=1S/C43H56O7/c1-26(14-16-33-28(3)22-37(49-8)30(5)29(33)4)11-9-12-27(2)21-39(47)50-25-38(46)43(48)19-10-13-35-34-17-15-31-23-32(44)18-20-41(31,6)40(34)36(45)24-42(35,43)7/h9,11-12,14,16,21-23,34-36,40,45,48H,10,13,15,17-20,24-25H2,1-8H3/b12-9+,16-14+,26-11+,27-21+/t34?,35-,36-,40+,41-,42-,43-/m0/s1. The Balaban J connectivity index is 1.21. The van der Waals surface area contributed by atoms with Gasteiger partial charge < -0.3 is 19.7 Å². The molecule has 3 saturated carbocycles. The molecule has 1 unspecified atom stereocenters. The lowest BCUT2D eigenvalue weighted by molar-refractivity contribution is -0.219. The van der Waals surface area contributed by atoms with E-state index in [-0.39, 0.29) is 35.4 Å². The predicted octanol–water partition coefficient (Wildman–Crippen LogP) is 7.82. The molecule has 2 N–H and O–H groups in total. The van der Waals surface area contributed by atoms with Gasteiger partial charge in [-0.05, 0) is 143 Å². The number of ether oxygens (including phenoxy) is 2. The van der Waals surface area contributed by atoms with Gasteiger partial charge in [-0.1, -0.05) is 55.4 Å². The Bertz CT molecular complexity index is 1690. The average molecular weight is 685 g/mol. The van der Waals surface area contributed by atoms with E-state index in [0.717, 1.165) is 59.3 Å². The van der Waals surface area contributed by atoms with Crippen LogP contribution < -0.4 is 4.74 Å². The van der Waals surface area contributed by atoms with Gasteiger partial charge >= 0.3 is 5.97 Å². The summed E-state index contributed by atoms with van der Waals surface area (Å²) < 4.78 is 10.9. The van der Waals surface area contributed by atoms with E-state index in [4.69, 9.17) is 9.47 Å². The van der Waals surface area contributed by atoms with Crippen LogP contribution in [-0.4, -0.2) is 53.2 Å². The summed E-state index contributed by atoms with van der Waals surface area (Å²) >= 11 is 0. The number of aliphatic hydroxyl groups is 2. The van der Waals surface area contributed by atoms with E-state index < -0.39 is 35.5 Å². The third kappa shape index (κ3) is 6.88. The lowest BCUT2D eigenvalue weighted by atomic mass is 9.41. The minimum Gasteiger partial charge on any atom is -0.496 e. The quantitative estimate of drug-likeness (QED) is 0.155. The van der Waals surface area contributed by atoms with Gasteiger partial charge in [-0.3, -0.25) is 9.59 Å². The van der Waals surface area contributed by atoms with Gasteiger partial charge in [0.2, 0.25) is 5.78 Å². The van der Waals surface area contributed by atoms with Crippen LogP contribution in [0.2, 0.25) is 0 Å². The number of aryl methyl sites for hydroxylation is 1. The average Bonchev–Trinajstić information content (AvgIpc) is 3.05. The molecule has 0 spiro atoms. The van der Waals surface area contributed by atoms with Crippen molar-refractivity contribution >= 4 is 23.6 Å². The highest BCUT2D eigenvalue weighted by Crippen LogP contribution is 2.66. The molecular formula is C43H56O7. The highest BCUT2D eigenvalue weighted by Gasteiger charge is 2.66. The number of rotatable bonds is 9. The SMILES string of the molecule is COc1cc(C)c(/C=C/C(C)=C/C=C/C(C)=C/C(=O)OCC(=O)[C@@]2(O)CCC[C@H]3C4CCC5=CC(=O)CC[C@]5(C)[C@H]4[C@@H](O)C[C@@]32C)c(C)c1C. The summed E-state index contributed by atoms with van der Waals surface area (Å²) in [7, 11) is 1.69. The van der Waals surface area contributed by atoms with Gasteiger partial charge in [0.25, 0.3) is 0 Å². The van der Waals surface area contributed by atoms with Crippen molar-refractivity contribution in [2.45, 2.75) is 112 Å². The fourth-order valence-electron chi connectivity index (χ4n) is 10.1. The minimum atomic E-state index is -1.70. The van der Waals surface area contributed by atoms with Crippen LogP contribution in [0.4, 0.5) is 0 Å². The van der Waals surface area contributed by atoms with Crippen molar-refractivity contribution in [3.05, 3.63) is 81.5 Å². The monoisotopic (exact) mass is 684 g/mol. The third-order valence-electron chi connectivity index (χ3n) is 13.0. The Morgan fingerprint density at radius 1 is 1.02 bits per heavy atom. The first-order chi connectivity index (χ1) is 23.6. The number of hydrogen-bond acceptors (Lipinski definition) is 7. The molecular weight excluding hydrogens is 628 g/mol. The first-order valence-corrected chi connectivity index (χ1v) is 18.3. The maximum Gasteiger partial charge on any atom is 0.331 e. The van der Waals surface area contributed by atoms with Crippen LogP contribution in [0.3, 0.4) is 0 Å². The van der Waals surface area contributed by atoms with Crippen molar-refractivity contribution in [3.8, 4) is 5.75 Å². The van der Waals surface area contributed by atoms with E-state index in [1.807, 2.05) is 38.2 Å². The van der Waals surface area contributed by atoms with E-state index >= 15 is 0 Å². The van der Waals surface area contributed by atoms with Crippen LogP contribution in [0, 0.1) is 49.4 Å². The topological polar surface area (TPSA) is 110 Å². The fourth-order valence-corrected chi connectivity index (χ4v) is 10.1. The molecule has 7 atom stereocenters. The molecule has 0 radical (unpaired) electrons. The van der Waals surface area contributed by atoms with Gasteiger partial charge in [-0.15, -0.1) is 0 Å². The van der Waals surface area contributed by atoms with Crippen molar-refractivity contribution in [2.24, 2.45) is 28.6 Å². The zero-order valence-corrected chi connectivity index (χ0v) is 31.2. The highest BCUT2D eigenvalue weighted by molar-refractivity contribution is 5.93. The van der Waals surface area contributed by atoms with Gasteiger partial charge in [0.15, 0.2) is 12.4 Å². The maximum absolute atomic E-state index is 13.8. The van der Waals surface area contributed by atoms with Gasteiger partial charge in [-0.25, -0.2) is 4.79 Å². The number of methoxy groups -OCH3 is 1. The Kier molecular flexibility index (Phi) is 11.0. The maximum atomic E-state index is 13.8. The van der Waals surface area contributed by atoms with Crippen LogP contribution in [-0.2, 0) is 19.1 Å². The molecule has 50 heavy (non-hydrogen) atoms. The van der Waals surface area contributed by atoms with E-state index in [9.17, 15) is 24.6 Å². The second-order valence-corrected chi connectivity index (χ2v) is 15.9. The summed E-state index contributed by atoms with van der Waals surface area (Å²) in [6.07, 6.45) is 17.3. The number of fused-ring (bicyclic) bond motifs is 5. The van der Waals surface area contributed by atoms with E-state index in [1.54, 1.807) is 14.0 Å². The molecule has 3 fully saturated rings. The molecule has 0 saturated heterocycles. The minimum absolute atomic E-state index is 0.00841. The van der Waals surface area contributed by atoms with Gasteiger partial charge in [0.05, 0.1) is 13.2 Å². The molecule has 1 aromatic rings. The smallest absolute Gasteiger partial charge is 0.331 e. The van der Waals surface area contributed by atoms with Crippen LogP contribution in [0.15, 0.2) is 59.2 Å². The molecule has 4 aliphatic rings. The van der Waals surface area contributed by atoms with Gasteiger partial charge in [0, 0.05) is 17.9 Å². The second kappa shape index (κ2) is 14.6. The van der Waals surface area contributed by atoms with Crippen LogP contribution in [0.5, 0.6) is 5.75 Å². The molecule has 4 aliphatic carbocycles. The highest BCUT2D eigenvalue weighted by atomic mass is 16.5. The lowest BCUT2D eigenvalue weighted by Gasteiger charge is -2.64. The third-order valence-corrected chi connectivity index (χ3v) is 13.0. The number of benzene rings is 1. The van der Waals surface area contributed by atoms with Crippen LogP contribution >= 0.6 is 0 Å². The number of esters is 1. The van der Waals surface area contributed by atoms with Gasteiger partial charge in [-0.2, -0.15) is 0 Å². The van der Waals surface area contributed by atoms with E-state index in [2.05, 4.69) is 45.9 Å². The summed E-state index contributed by atoms with van der Waals surface area (Å²) in [5.41, 5.74) is 4.68. The molecule has 5 rings (SSSR count). The van der Waals surface area contributed by atoms with Crippen molar-refractivity contribution in [3.63, 3.8) is 0 Å². The largest absolute Gasteiger partial charge is 0.496 e. The number of aliphatic hydroxyl groups excluding tert-OH is 1. The van der Waals surface area contributed by atoms with Crippen molar-refractivity contribution in [2.75, 3.05) is 13.7 Å².